The molecule has 20 heavy (non-hydrogen) atoms. The van der Waals surface area contributed by atoms with Gasteiger partial charge in [0.15, 0.2) is 0 Å². The number of benzene rings is 1. The Bertz CT molecular complexity index is 607. The van der Waals surface area contributed by atoms with Gasteiger partial charge in [0.25, 0.3) is 0 Å². The van der Waals surface area contributed by atoms with E-state index >= 15 is 0 Å². The van der Waals surface area contributed by atoms with Crippen molar-refractivity contribution in [1.29, 1.82) is 0 Å². The van der Waals surface area contributed by atoms with Crippen LogP contribution in [0.5, 0.6) is 5.75 Å². The first-order valence-electron chi connectivity index (χ1n) is 5.98. The molecule has 0 unspecified atom stereocenters. The Morgan fingerprint density at radius 2 is 2.00 bits per heavy atom. The number of aryl methyl sites for hydroxylation is 1. The summed E-state index contributed by atoms with van der Waals surface area (Å²) in [5.41, 5.74) is -0.384. The van der Waals surface area contributed by atoms with E-state index in [1.165, 1.54) is 33.1 Å². The molecule has 112 valence electrons. The molecule has 0 aliphatic carbocycles. The van der Waals surface area contributed by atoms with Crippen molar-refractivity contribution < 1.29 is 23.1 Å². The SMILES string of the molecule is COc1ccc(S(=O)(=O)NC(C)(C)CC(=O)O)cc1C. The summed E-state index contributed by atoms with van der Waals surface area (Å²) in [6.07, 6.45) is -0.304. The van der Waals surface area contributed by atoms with Gasteiger partial charge in [-0.3, -0.25) is 4.79 Å². The molecule has 0 aliphatic rings. The smallest absolute Gasteiger partial charge is 0.305 e. The van der Waals surface area contributed by atoms with E-state index in [0.717, 1.165) is 0 Å². The molecular formula is C13H19NO5S. The van der Waals surface area contributed by atoms with Crippen molar-refractivity contribution in [3.05, 3.63) is 23.8 Å². The van der Waals surface area contributed by atoms with Crippen LogP contribution in [0.3, 0.4) is 0 Å². The summed E-state index contributed by atoms with van der Waals surface area (Å²) < 4.78 is 31.9. The van der Waals surface area contributed by atoms with Gasteiger partial charge in [-0.1, -0.05) is 0 Å². The molecule has 0 bridgehead atoms. The highest BCUT2D eigenvalue weighted by Gasteiger charge is 2.28. The largest absolute Gasteiger partial charge is 0.496 e. The summed E-state index contributed by atoms with van der Waals surface area (Å²) in [6, 6.07) is 4.47. The molecule has 0 fully saturated rings. The van der Waals surface area contributed by atoms with Crippen LogP contribution in [0.1, 0.15) is 25.8 Å². The van der Waals surface area contributed by atoms with Gasteiger partial charge in [-0.2, -0.15) is 0 Å². The van der Waals surface area contributed by atoms with Crippen LogP contribution >= 0.6 is 0 Å². The predicted molar refractivity (Wildman–Crippen MR) is 74.4 cm³/mol. The zero-order chi connectivity index (χ0) is 15.6. The van der Waals surface area contributed by atoms with E-state index in [0.29, 0.717) is 11.3 Å². The van der Waals surface area contributed by atoms with Crippen molar-refractivity contribution >= 4 is 16.0 Å². The van der Waals surface area contributed by atoms with Gasteiger partial charge in [-0.15, -0.1) is 0 Å². The number of carbonyl (C=O) groups is 1. The molecule has 0 radical (unpaired) electrons. The van der Waals surface area contributed by atoms with Crippen molar-refractivity contribution in [1.82, 2.24) is 4.72 Å². The molecule has 0 atom stereocenters. The summed E-state index contributed by atoms with van der Waals surface area (Å²) in [5, 5.41) is 8.78. The third kappa shape index (κ3) is 4.21. The molecule has 0 aromatic heterocycles. The number of sulfonamides is 1. The fourth-order valence-corrected chi connectivity index (χ4v) is 3.35. The van der Waals surface area contributed by atoms with E-state index in [4.69, 9.17) is 9.84 Å². The van der Waals surface area contributed by atoms with Gasteiger partial charge in [0.05, 0.1) is 18.4 Å². The second-order valence-corrected chi connectivity index (χ2v) is 6.87. The van der Waals surface area contributed by atoms with Gasteiger partial charge < -0.3 is 9.84 Å². The number of rotatable bonds is 6. The molecule has 6 nitrogen and oxygen atoms in total. The second kappa shape index (κ2) is 5.80. The van der Waals surface area contributed by atoms with Crippen LogP contribution in [-0.2, 0) is 14.8 Å². The molecule has 0 spiro atoms. The molecule has 0 saturated carbocycles. The Hall–Kier alpha value is -1.60. The third-order valence-electron chi connectivity index (χ3n) is 2.68. The van der Waals surface area contributed by atoms with E-state index in [9.17, 15) is 13.2 Å². The highest BCUT2D eigenvalue weighted by molar-refractivity contribution is 7.89. The molecule has 2 N–H and O–H groups in total. The maximum absolute atomic E-state index is 12.2. The summed E-state index contributed by atoms with van der Waals surface area (Å²) in [5.74, 6) is -0.475. The molecule has 0 saturated heterocycles. The van der Waals surface area contributed by atoms with E-state index < -0.39 is 21.5 Å². The van der Waals surface area contributed by atoms with Crippen molar-refractivity contribution in [2.45, 2.75) is 37.6 Å². The third-order valence-corrected chi connectivity index (χ3v) is 4.38. The molecule has 1 aromatic carbocycles. The lowest BCUT2D eigenvalue weighted by Crippen LogP contribution is -2.44. The summed E-state index contributed by atoms with van der Waals surface area (Å²) >= 11 is 0. The van der Waals surface area contributed by atoms with Crippen LogP contribution in [0.4, 0.5) is 0 Å². The lowest BCUT2D eigenvalue weighted by Gasteiger charge is -2.24. The number of methoxy groups -OCH3 is 1. The molecular weight excluding hydrogens is 282 g/mol. The van der Waals surface area contributed by atoms with Gasteiger partial charge >= 0.3 is 5.97 Å². The first-order valence-corrected chi connectivity index (χ1v) is 7.46. The minimum atomic E-state index is -3.78. The quantitative estimate of drug-likeness (QED) is 0.831. The van der Waals surface area contributed by atoms with Gasteiger partial charge in [-0.05, 0) is 44.5 Å². The summed E-state index contributed by atoms with van der Waals surface area (Å²) in [6.45, 7) is 4.78. The van der Waals surface area contributed by atoms with Crippen molar-refractivity contribution in [3.63, 3.8) is 0 Å². The van der Waals surface area contributed by atoms with E-state index in [1.807, 2.05) is 0 Å². The van der Waals surface area contributed by atoms with Gasteiger partial charge in [0.2, 0.25) is 10.0 Å². The van der Waals surface area contributed by atoms with Gasteiger partial charge in [0, 0.05) is 5.54 Å². The zero-order valence-corrected chi connectivity index (χ0v) is 12.7. The average Bonchev–Trinajstić information content (AvgIpc) is 2.25. The standard InChI is InChI=1S/C13H19NO5S/c1-9-7-10(5-6-11(9)19-4)20(17,18)14-13(2,3)8-12(15)16/h5-7,14H,8H2,1-4H3,(H,15,16). The number of carboxylic acid groups (broad SMARTS) is 1. The summed E-state index contributed by atoms with van der Waals surface area (Å²) in [7, 11) is -2.28. The second-order valence-electron chi connectivity index (χ2n) is 5.19. The van der Waals surface area contributed by atoms with Crippen LogP contribution in [0.15, 0.2) is 23.1 Å². The molecule has 1 aromatic rings. The number of nitrogens with one attached hydrogen (secondary N) is 1. The maximum atomic E-state index is 12.2. The number of ether oxygens (including phenoxy) is 1. The van der Waals surface area contributed by atoms with Crippen molar-refractivity contribution in [3.8, 4) is 5.75 Å². The molecule has 0 aliphatic heterocycles. The molecule has 0 amide bonds. The minimum absolute atomic E-state index is 0.0780. The minimum Gasteiger partial charge on any atom is -0.496 e. The number of aliphatic carboxylic acids is 1. The average molecular weight is 301 g/mol. The number of hydrogen-bond donors (Lipinski definition) is 2. The normalized spacial score (nSPS) is 12.2. The van der Waals surface area contributed by atoms with E-state index in [1.54, 1.807) is 13.0 Å². The Morgan fingerprint density at radius 1 is 1.40 bits per heavy atom. The Labute approximate surface area is 118 Å². The number of carboxylic acids is 1. The monoisotopic (exact) mass is 301 g/mol. The number of hydrogen-bond acceptors (Lipinski definition) is 4. The Balaban J connectivity index is 3.05. The molecule has 1 rings (SSSR count). The molecule has 7 heteroatoms. The molecule has 0 heterocycles. The van der Waals surface area contributed by atoms with Crippen LogP contribution in [0.25, 0.3) is 0 Å². The highest BCUT2D eigenvalue weighted by atomic mass is 32.2. The van der Waals surface area contributed by atoms with Gasteiger partial charge in [-0.25, -0.2) is 13.1 Å². The van der Waals surface area contributed by atoms with Gasteiger partial charge in [0.1, 0.15) is 5.75 Å². The van der Waals surface area contributed by atoms with Crippen molar-refractivity contribution in [2.75, 3.05) is 7.11 Å². The zero-order valence-electron chi connectivity index (χ0n) is 11.9. The maximum Gasteiger partial charge on any atom is 0.305 e. The van der Waals surface area contributed by atoms with Crippen LogP contribution in [-0.4, -0.2) is 32.1 Å². The van der Waals surface area contributed by atoms with Crippen molar-refractivity contribution in [2.24, 2.45) is 0 Å². The predicted octanol–water partition coefficient (Wildman–Crippen LogP) is 1.54. The highest BCUT2D eigenvalue weighted by Crippen LogP contribution is 2.22. The van der Waals surface area contributed by atoms with E-state index in [2.05, 4.69) is 4.72 Å². The first kappa shape index (κ1) is 16.5. The fourth-order valence-electron chi connectivity index (χ4n) is 1.85. The topological polar surface area (TPSA) is 92.7 Å². The Kier molecular flexibility index (Phi) is 4.77. The Morgan fingerprint density at radius 3 is 2.45 bits per heavy atom. The van der Waals surface area contributed by atoms with Crippen LogP contribution < -0.4 is 9.46 Å². The van der Waals surface area contributed by atoms with Crippen LogP contribution in [0, 0.1) is 6.92 Å². The fraction of sp³-hybridized carbons (Fsp3) is 0.462. The lowest BCUT2D eigenvalue weighted by atomic mass is 10.0. The lowest BCUT2D eigenvalue weighted by molar-refractivity contribution is -0.138. The van der Waals surface area contributed by atoms with E-state index in [-0.39, 0.29) is 11.3 Å². The summed E-state index contributed by atoms with van der Waals surface area (Å²) in [4.78, 5) is 10.8. The first-order chi connectivity index (χ1) is 9.07. The van der Waals surface area contributed by atoms with Crippen LogP contribution in [0.2, 0.25) is 0 Å².